The molecule has 10 rings (SSSR count). The third-order valence-electron chi connectivity index (χ3n) is 12.5. The number of benzene rings is 10. The third kappa shape index (κ3) is 8.38. The summed E-state index contributed by atoms with van der Waals surface area (Å²) in [5.74, 6) is 0. The molecule has 0 heterocycles. The van der Waals surface area contributed by atoms with Gasteiger partial charge in [-0.05, 0) is 129 Å². The minimum atomic E-state index is 0.113. The van der Waals surface area contributed by atoms with Gasteiger partial charge in [0.15, 0.2) is 0 Å². The van der Waals surface area contributed by atoms with Gasteiger partial charge in [0, 0.05) is 28.1 Å². The summed E-state index contributed by atoms with van der Waals surface area (Å²) in [7, 11) is 0. The number of anilines is 5. The highest BCUT2D eigenvalue weighted by Crippen LogP contribution is 2.41. The van der Waals surface area contributed by atoms with Gasteiger partial charge in [0.25, 0.3) is 0 Å². The predicted octanol–water partition coefficient (Wildman–Crippen LogP) is 17.9. The standard InChI is InChI=1S/C63H50N2/c1-3-19-49-20-10-12-27-55(49)46(2)64(51-23-6-4-7-24-51)53-40-34-47(35-41-53)38-44-61-57-29-14-16-31-59(57)62(60-32-17-15-30-58(60)61)45-39-48-36-42-54(43-37-48)65(52-25-8-5-9-26-52)63-33-18-22-50-21-11-13-28-56(50)63/h3-46H,1-2H3/b19-3-,44-38+,45-39+/t46-/m0/s1. The van der Waals surface area contributed by atoms with Crippen LogP contribution in [0.1, 0.15) is 53.3 Å². The Bertz CT molecular complexity index is 3260. The van der Waals surface area contributed by atoms with E-state index in [1.807, 2.05) is 0 Å². The van der Waals surface area contributed by atoms with Crippen molar-refractivity contribution in [2.24, 2.45) is 0 Å². The Morgan fingerprint density at radius 3 is 1.35 bits per heavy atom. The molecule has 0 N–H and O–H groups in total. The van der Waals surface area contributed by atoms with Gasteiger partial charge in [-0.25, -0.2) is 0 Å². The van der Waals surface area contributed by atoms with Crippen molar-refractivity contribution in [2.75, 3.05) is 9.80 Å². The second-order valence-corrected chi connectivity index (χ2v) is 16.4. The summed E-state index contributed by atoms with van der Waals surface area (Å²) in [6.07, 6.45) is 13.4. The van der Waals surface area contributed by atoms with Crippen molar-refractivity contribution in [1.82, 2.24) is 0 Å². The van der Waals surface area contributed by atoms with Gasteiger partial charge in [-0.15, -0.1) is 0 Å². The highest BCUT2D eigenvalue weighted by molar-refractivity contribution is 6.14. The van der Waals surface area contributed by atoms with Gasteiger partial charge in [0.2, 0.25) is 0 Å². The lowest BCUT2D eigenvalue weighted by Crippen LogP contribution is -2.22. The maximum Gasteiger partial charge on any atom is 0.0569 e. The Balaban J connectivity index is 0.966. The van der Waals surface area contributed by atoms with E-state index in [2.05, 4.69) is 285 Å². The number of nitrogens with zero attached hydrogens (tertiary/aromatic N) is 2. The number of hydrogen-bond acceptors (Lipinski definition) is 2. The fourth-order valence-electron chi connectivity index (χ4n) is 9.35. The van der Waals surface area contributed by atoms with Crippen LogP contribution in [-0.4, -0.2) is 0 Å². The summed E-state index contributed by atoms with van der Waals surface area (Å²) >= 11 is 0. The van der Waals surface area contributed by atoms with Crippen LogP contribution < -0.4 is 9.80 Å². The molecule has 10 aromatic carbocycles. The van der Waals surface area contributed by atoms with Crippen LogP contribution in [0.4, 0.5) is 28.4 Å². The van der Waals surface area contributed by atoms with E-state index >= 15 is 0 Å². The van der Waals surface area contributed by atoms with Crippen LogP contribution in [0.5, 0.6) is 0 Å². The van der Waals surface area contributed by atoms with E-state index in [0.29, 0.717) is 0 Å². The molecule has 0 spiro atoms. The summed E-state index contributed by atoms with van der Waals surface area (Å²) in [6.45, 7) is 4.37. The lowest BCUT2D eigenvalue weighted by Gasteiger charge is -2.33. The van der Waals surface area contributed by atoms with Crippen molar-refractivity contribution in [3.8, 4) is 0 Å². The van der Waals surface area contributed by atoms with Crippen LogP contribution in [0.25, 0.3) is 62.7 Å². The molecule has 2 heteroatoms. The summed E-state index contributed by atoms with van der Waals surface area (Å²) in [4.78, 5) is 4.78. The van der Waals surface area contributed by atoms with Gasteiger partial charge in [-0.3, -0.25) is 0 Å². The molecule has 0 aromatic heterocycles. The maximum absolute atomic E-state index is 2.43. The number of allylic oxidation sites excluding steroid dienone is 1. The molecule has 0 saturated heterocycles. The van der Waals surface area contributed by atoms with Crippen molar-refractivity contribution >= 4 is 91.1 Å². The number of rotatable bonds is 12. The SMILES string of the molecule is C/C=C\c1ccccc1[C@H](C)N(c1ccccc1)c1ccc(/C=C/c2c3ccccc3c(/C=C/c3ccc(N(c4ccccc4)c4cccc5ccccc45)cc3)c3ccccc23)cc1. The summed E-state index contributed by atoms with van der Waals surface area (Å²) < 4.78 is 0. The van der Waals surface area contributed by atoms with E-state index in [9.17, 15) is 0 Å². The summed E-state index contributed by atoms with van der Waals surface area (Å²) in [5.41, 5.74) is 13.0. The van der Waals surface area contributed by atoms with Crippen LogP contribution >= 0.6 is 0 Å². The molecular formula is C63H50N2. The molecule has 0 aliphatic heterocycles. The monoisotopic (exact) mass is 834 g/mol. The van der Waals surface area contributed by atoms with Gasteiger partial charge < -0.3 is 9.80 Å². The number of para-hydroxylation sites is 2. The van der Waals surface area contributed by atoms with Crippen molar-refractivity contribution in [3.63, 3.8) is 0 Å². The number of hydrogen-bond donors (Lipinski definition) is 0. The van der Waals surface area contributed by atoms with Gasteiger partial charge in [0.05, 0.1) is 11.7 Å². The average Bonchev–Trinajstić information content (AvgIpc) is 3.37. The fraction of sp³-hybridized carbons (Fsp3) is 0.0476. The molecule has 10 aromatic rings. The van der Waals surface area contributed by atoms with E-state index in [4.69, 9.17) is 0 Å². The molecule has 1 atom stereocenters. The third-order valence-corrected chi connectivity index (χ3v) is 12.5. The van der Waals surface area contributed by atoms with Crippen molar-refractivity contribution in [1.29, 1.82) is 0 Å². The lowest BCUT2D eigenvalue weighted by molar-refractivity contribution is 0.772. The maximum atomic E-state index is 2.43. The van der Waals surface area contributed by atoms with Crippen LogP contribution in [0.3, 0.4) is 0 Å². The molecule has 0 unspecified atom stereocenters. The fourth-order valence-corrected chi connectivity index (χ4v) is 9.35. The van der Waals surface area contributed by atoms with E-state index in [1.165, 1.54) is 54.6 Å². The zero-order valence-corrected chi connectivity index (χ0v) is 36.8. The zero-order valence-electron chi connectivity index (χ0n) is 36.8. The molecule has 0 fully saturated rings. The molecule has 0 aliphatic carbocycles. The van der Waals surface area contributed by atoms with Crippen molar-refractivity contribution < 1.29 is 0 Å². The molecule has 0 saturated carbocycles. The highest BCUT2D eigenvalue weighted by Gasteiger charge is 2.21. The second-order valence-electron chi connectivity index (χ2n) is 16.4. The second kappa shape index (κ2) is 18.6. The van der Waals surface area contributed by atoms with Crippen LogP contribution in [0.2, 0.25) is 0 Å². The highest BCUT2D eigenvalue weighted by atomic mass is 15.2. The first kappa shape index (κ1) is 40.8. The Morgan fingerprint density at radius 1 is 0.354 bits per heavy atom. The quantitative estimate of drug-likeness (QED) is 0.0894. The van der Waals surface area contributed by atoms with Gasteiger partial charge in [-0.2, -0.15) is 0 Å². The van der Waals surface area contributed by atoms with E-state index in [0.717, 1.165) is 39.6 Å². The first-order chi connectivity index (χ1) is 32.1. The minimum Gasteiger partial charge on any atom is -0.334 e. The zero-order chi connectivity index (χ0) is 44.0. The molecule has 0 radical (unpaired) electrons. The van der Waals surface area contributed by atoms with E-state index < -0.39 is 0 Å². The van der Waals surface area contributed by atoms with Crippen LogP contribution in [0.15, 0.2) is 231 Å². The summed E-state index contributed by atoms with van der Waals surface area (Å²) in [5, 5.41) is 7.35. The Hall–Kier alpha value is -8.20. The van der Waals surface area contributed by atoms with E-state index in [-0.39, 0.29) is 6.04 Å². The molecule has 0 bridgehead atoms. The van der Waals surface area contributed by atoms with Crippen LogP contribution in [0, 0.1) is 0 Å². The molecular weight excluding hydrogens is 785 g/mol. The summed E-state index contributed by atoms with van der Waals surface area (Å²) in [6, 6.07) is 80.8. The van der Waals surface area contributed by atoms with Crippen molar-refractivity contribution in [3.05, 3.63) is 264 Å². The molecule has 0 amide bonds. The van der Waals surface area contributed by atoms with Gasteiger partial charge >= 0.3 is 0 Å². The van der Waals surface area contributed by atoms with Gasteiger partial charge in [0.1, 0.15) is 0 Å². The predicted molar refractivity (Wildman–Crippen MR) is 283 cm³/mol. The van der Waals surface area contributed by atoms with Gasteiger partial charge in [-0.1, -0.05) is 206 Å². The normalized spacial score (nSPS) is 12.2. The first-order valence-electron chi connectivity index (χ1n) is 22.5. The number of fused-ring (bicyclic) bond motifs is 3. The smallest absolute Gasteiger partial charge is 0.0569 e. The molecule has 65 heavy (non-hydrogen) atoms. The molecule has 312 valence electrons. The minimum absolute atomic E-state index is 0.113. The largest absolute Gasteiger partial charge is 0.334 e. The van der Waals surface area contributed by atoms with Crippen molar-refractivity contribution in [2.45, 2.75) is 19.9 Å². The lowest BCUT2D eigenvalue weighted by atomic mass is 9.91. The van der Waals surface area contributed by atoms with Crippen LogP contribution in [-0.2, 0) is 0 Å². The Morgan fingerprint density at radius 2 is 0.785 bits per heavy atom. The Kier molecular flexibility index (Phi) is 11.7. The molecule has 0 aliphatic rings. The Labute approximate surface area is 383 Å². The molecule has 2 nitrogen and oxygen atoms in total. The topological polar surface area (TPSA) is 6.48 Å². The van der Waals surface area contributed by atoms with E-state index in [1.54, 1.807) is 0 Å². The average molecular weight is 835 g/mol. The first-order valence-corrected chi connectivity index (χ1v) is 22.5.